The number of hydrogen-bond acceptors (Lipinski definition) is 5. The summed E-state index contributed by atoms with van der Waals surface area (Å²) in [5.74, 6) is 0. The van der Waals surface area contributed by atoms with Gasteiger partial charge >= 0.3 is 0 Å². The van der Waals surface area contributed by atoms with Crippen LogP contribution in [0.3, 0.4) is 0 Å². The highest BCUT2D eigenvalue weighted by atomic mass is 32.1. The van der Waals surface area contributed by atoms with Crippen LogP contribution in [0.5, 0.6) is 0 Å². The Balaban J connectivity index is 2.43. The molecular formula is C13H24N2O2S. The topological polar surface area (TPSA) is 43.4 Å². The molecule has 1 aromatic heterocycles. The number of thiazole rings is 1. The molecule has 1 unspecified atom stereocenters. The van der Waals surface area contributed by atoms with Gasteiger partial charge in [-0.3, -0.25) is 0 Å². The molecule has 1 N–H and O–H groups in total. The van der Waals surface area contributed by atoms with Crippen molar-refractivity contribution in [3.05, 3.63) is 16.1 Å². The van der Waals surface area contributed by atoms with E-state index in [2.05, 4.69) is 29.5 Å². The summed E-state index contributed by atoms with van der Waals surface area (Å²) in [4.78, 5) is 4.66. The number of hydrogen-bond donors (Lipinski definition) is 1. The fourth-order valence-corrected chi connectivity index (χ4v) is 2.63. The molecule has 1 heterocycles. The Morgan fingerprint density at radius 2 is 2.17 bits per heavy atom. The van der Waals surface area contributed by atoms with Crippen LogP contribution in [-0.4, -0.2) is 38.9 Å². The van der Waals surface area contributed by atoms with Crippen LogP contribution in [0.2, 0.25) is 0 Å². The van der Waals surface area contributed by atoms with Gasteiger partial charge in [-0.05, 0) is 13.3 Å². The van der Waals surface area contributed by atoms with Gasteiger partial charge in [0, 0.05) is 39.1 Å². The summed E-state index contributed by atoms with van der Waals surface area (Å²) < 4.78 is 10.5. The molecule has 18 heavy (non-hydrogen) atoms. The van der Waals surface area contributed by atoms with Gasteiger partial charge in [-0.1, -0.05) is 6.92 Å². The summed E-state index contributed by atoms with van der Waals surface area (Å²) in [7, 11) is 3.46. The second-order valence-electron chi connectivity index (χ2n) is 4.43. The van der Waals surface area contributed by atoms with Crippen molar-refractivity contribution >= 4 is 11.3 Å². The lowest BCUT2D eigenvalue weighted by Gasteiger charge is -2.23. The summed E-state index contributed by atoms with van der Waals surface area (Å²) in [6, 6.07) is 0. The number of nitrogens with zero attached hydrogens (tertiary/aromatic N) is 1. The van der Waals surface area contributed by atoms with Gasteiger partial charge in [0.1, 0.15) is 10.6 Å². The molecule has 1 rings (SSSR count). The maximum Gasteiger partial charge on any atom is 0.125 e. The highest BCUT2D eigenvalue weighted by molar-refractivity contribution is 7.09. The predicted octanol–water partition coefficient (Wildman–Crippen LogP) is 2.19. The van der Waals surface area contributed by atoms with E-state index in [0.717, 1.165) is 43.2 Å². The van der Waals surface area contributed by atoms with Gasteiger partial charge in [-0.25, -0.2) is 4.98 Å². The van der Waals surface area contributed by atoms with Crippen LogP contribution in [0, 0.1) is 0 Å². The minimum absolute atomic E-state index is 0.244. The molecule has 0 saturated heterocycles. The van der Waals surface area contributed by atoms with Crippen molar-refractivity contribution in [1.82, 2.24) is 10.3 Å². The summed E-state index contributed by atoms with van der Waals surface area (Å²) >= 11 is 1.69. The van der Waals surface area contributed by atoms with Crippen molar-refractivity contribution in [3.63, 3.8) is 0 Å². The van der Waals surface area contributed by atoms with Crippen molar-refractivity contribution in [2.75, 3.05) is 33.9 Å². The number of methoxy groups -OCH3 is 2. The van der Waals surface area contributed by atoms with Gasteiger partial charge < -0.3 is 14.8 Å². The number of nitrogens with one attached hydrogen (secondary N) is 1. The third-order valence-corrected chi connectivity index (χ3v) is 4.31. The monoisotopic (exact) mass is 272 g/mol. The quantitative estimate of drug-likeness (QED) is 0.700. The standard InChI is InChI=1S/C13H24N2O2S/c1-5-13(2,17-4)12-15-11(10-18-12)6-7-14-8-9-16-3/h10,14H,5-9H2,1-4H3. The van der Waals surface area contributed by atoms with E-state index in [1.54, 1.807) is 25.6 Å². The zero-order chi connectivity index (χ0) is 13.4. The van der Waals surface area contributed by atoms with Crippen LogP contribution in [-0.2, 0) is 21.5 Å². The summed E-state index contributed by atoms with van der Waals surface area (Å²) in [6.07, 6.45) is 1.88. The fourth-order valence-electron chi connectivity index (χ4n) is 1.56. The highest BCUT2D eigenvalue weighted by Crippen LogP contribution is 2.30. The Bertz CT molecular complexity index is 337. The second-order valence-corrected chi connectivity index (χ2v) is 5.28. The van der Waals surface area contributed by atoms with Crippen LogP contribution < -0.4 is 5.32 Å². The maximum atomic E-state index is 5.56. The minimum Gasteiger partial charge on any atom is -0.383 e. The van der Waals surface area contributed by atoms with E-state index in [4.69, 9.17) is 9.47 Å². The normalized spacial score (nSPS) is 14.7. The van der Waals surface area contributed by atoms with E-state index in [9.17, 15) is 0 Å². The van der Waals surface area contributed by atoms with Crippen molar-refractivity contribution in [2.45, 2.75) is 32.3 Å². The zero-order valence-corrected chi connectivity index (χ0v) is 12.6. The lowest BCUT2D eigenvalue weighted by Crippen LogP contribution is -2.23. The Morgan fingerprint density at radius 1 is 1.39 bits per heavy atom. The number of aromatic nitrogens is 1. The minimum atomic E-state index is -0.244. The van der Waals surface area contributed by atoms with Crippen molar-refractivity contribution in [1.29, 1.82) is 0 Å². The van der Waals surface area contributed by atoms with Gasteiger partial charge in [0.25, 0.3) is 0 Å². The largest absolute Gasteiger partial charge is 0.383 e. The molecule has 0 aromatic carbocycles. The molecule has 0 radical (unpaired) electrons. The van der Waals surface area contributed by atoms with E-state index in [0.29, 0.717) is 0 Å². The molecular weight excluding hydrogens is 248 g/mol. The first-order valence-electron chi connectivity index (χ1n) is 6.36. The smallest absolute Gasteiger partial charge is 0.125 e. The Labute approximate surface area is 114 Å². The summed E-state index contributed by atoms with van der Waals surface area (Å²) in [6.45, 7) is 6.78. The molecule has 0 aliphatic rings. The van der Waals surface area contributed by atoms with E-state index >= 15 is 0 Å². The van der Waals surface area contributed by atoms with Gasteiger partial charge in [-0.2, -0.15) is 0 Å². The van der Waals surface area contributed by atoms with Crippen LogP contribution >= 0.6 is 11.3 Å². The van der Waals surface area contributed by atoms with Crippen molar-refractivity contribution in [2.24, 2.45) is 0 Å². The Morgan fingerprint density at radius 3 is 2.78 bits per heavy atom. The molecule has 0 aliphatic heterocycles. The number of rotatable bonds is 9. The van der Waals surface area contributed by atoms with E-state index in [-0.39, 0.29) is 5.60 Å². The highest BCUT2D eigenvalue weighted by Gasteiger charge is 2.27. The van der Waals surface area contributed by atoms with Crippen LogP contribution in [0.1, 0.15) is 31.0 Å². The van der Waals surface area contributed by atoms with Crippen LogP contribution in [0.15, 0.2) is 5.38 Å². The van der Waals surface area contributed by atoms with Crippen LogP contribution in [0.4, 0.5) is 0 Å². The van der Waals surface area contributed by atoms with Crippen molar-refractivity contribution in [3.8, 4) is 0 Å². The van der Waals surface area contributed by atoms with E-state index < -0.39 is 0 Å². The van der Waals surface area contributed by atoms with E-state index in [1.165, 1.54) is 0 Å². The van der Waals surface area contributed by atoms with Gasteiger partial charge in [0.05, 0.1) is 12.3 Å². The van der Waals surface area contributed by atoms with Gasteiger partial charge in [0.15, 0.2) is 0 Å². The van der Waals surface area contributed by atoms with Gasteiger partial charge in [0.2, 0.25) is 0 Å². The zero-order valence-electron chi connectivity index (χ0n) is 11.8. The third-order valence-electron chi connectivity index (χ3n) is 3.17. The molecule has 1 atom stereocenters. The molecule has 0 fully saturated rings. The second kappa shape index (κ2) is 7.84. The predicted molar refractivity (Wildman–Crippen MR) is 75.2 cm³/mol. The molecule has 0 saturated carbocycles. The molecule has 1 aromatic rings. The third kappa shape index (κ3) is 4.31. The lowest BCUT2D eigenvalue weighted by molar-refractivity contribution is -0.00166. The molecule has 4 nitrogen and oxygen atoms in total. The molecule has 0 aliphatic carbocycles. The van der Waals surface area contributed by atoms with Crippen LogP contribution in [0.25, 0.3) is 0 Å². The first-order chi connectivity index (χ1) is 8.66. The molecule has 0 amide bonds. The average Bonchev–Trinajstić information content (AvgIpc) is 2.87. The first kappa shape index (κ1) is 15.6. The SMILES string of the molecule is CCC(C)(OC)c1nc(CCNCCOC)cs1. The number of ether oxygens (including phenoxy) is 2. The fraction of sp³-hybridized carbons (Fsp3) is 0.769. The molecule has 5 heteroatoms. The Hall–Kier alpha value is -0.490. The maximum absolute atomic E-state index is 5.56. The summed E-state index contributed by atoms with van der Waals surface area (Å²) in [5, 5.41) is 6.51. The molecule has 104 valence electrons. The van der Waals surface area contributed by atoms with E-state index in [1.807, 2.05) is 0 Å². The first-order valence-corrected chi connectivity index (χ1v) is 7.24. The summed E-state index contributed by atoms with van der Waals surface area (Å²) in [5.41, 5.74) is 0.892. The Kier molecular flexibility index (Phi) is 6.78. The van der Waals surface area contributed by atoms with Gasteiger partial charge in [-0.15, -0.1) is 11.3 Å². The average molecular weight is 272 g/mol. The van der Waals surface area contributed by atoms with Crippen molar-refractivity contribution < 1.29 is 9.47 Å². The molecule has 0 spiro atoms. The molecule has 0 bridgehead atoms. The lowest BCUT2D eigenvalue weighted by atomic mass is 10.1.